The number of carbonyl (C=O) groups excluding carboxylic acids is 1. The first-order valence-corrected chi connectivity index (χ1v) is 10.7. The Bertz CT molecular complexity index is 1250. The van der Waals surface area contributed by atoms with Crippen LogP contribution in [0.25, 0.3) is 10.9 Å². The number of fused-ring (bicyclic) bond motifs is 1. The third kappa shape index (κ3) is 3.85. The molecule has 1 unspecified atom stereocenters. The predicted octanol–water partition coefficient (Wildman–Crippen LogP) is 4.75. The predicted molar refractivity (Wildman–Crippen MR) is 123 cm³/mol. The van der Waals surface area contributed by atoms with Gasteiger partial charge in [0, 0.05) is 29.7 Å². The second-order valence-electron chi connectivity index (χ2n) is 7.49. The van der Waals surface area contributed by atoms with E-state index in [1.165, 1.54) is 4.57 Å². The van der Waals surface area contributed by atoms with Gasteiger partial charge in [0.25, 0.3) is 11.5 Å². The summed E-state index contributed by atoms with van der Waals surface area (Å²) in [6.07, 6.45) is 4.26. The molecular weight excluding hydrogens is 418 g/mol. The lowest BCUT2D eigenvalue weighted by atomic mass is 10.0. The number of likely N-dealkylation sites (tertiary alicyclic amines) is 1. The van der Waals surface area contributed by atoms with Gasteiger partial charge in [-0.15, -0.1) is 6.58 Å². The van der Waals surface area contributed by atoms with Gasteiger partial charge in [0.05, 0.1) is 10.9 Å². The molecule has 3 aromatic rings. The number of hydrogen-bond acceptors (Lipinski definition) is 3. The van der Waals surface area contributed by atoms with Gasteiger partial charge in [-0.3, -0.25) is 14.2 Å². The van der Waals surface area contributed by atoms with Crippen LogP contribution in [0.2, 0.25) is 5.02 Å². The number of hydrogen-bond donors (Lipinski definition) is 1. The number of nitrogens with zero attached hydrogens (tertiary/aromatic N) is 2. The van der Waals surface area contributed by atoms with Crippen LogP contribution in [0.5, 0.6) is 0 Å². The van der Waals surface area contributed by atoms with Crippen molar-refractivity contribution >= 4 is 40.6 Å². The molecule has 1 atom stereocenters. The van der Waals surface area contributed by atoms with Gasteiger partial charge in [0.15, 0.2) is 4.77 Å². The monoisotopic (exact) mass is 439 g/mol. The van der Waals surface area contributed by atoms with Crippen LogP contribution < -0.4 is 5.56 Å². The lowest BCUT2D eigenvalue weighted by Gasteiger charge is -2.25. The van der Waals surface area contributed by atoms with Gasteiger partial charge >= 0.3 is 0 Å². The molecule has 1 aromatic heterocycles. The number of allylic oxidation sites excluding steroid dienone is 1. The van der Waals surface area contributed by atoms with Crippen molar-refractivity contribution in [3.63, 3.8) is 0 Å². The largest absolute Gasteiger partial charge is 0.335 e. The molecule has 0 spiro atoms. The van der Waals surface area contributed by atoms with Crippen LogP contribution in [0.3, 0.4) is 0 Å². The van der Waals surface area contributed by atoms with E-state index in [-0.39, 0.29) is 17.5 Å². The summed E-state index contributed by atoms with van der Waals surface area (Å²) in [5.74, 6) is -0.0407. The number of rotatable bonds is 5. The fourth-order valence-corrected chi connectivity index (χ4v) is 4.56. The Labute approximate surface area is 184 Å². The molecule has 5 nitrogen and oxygen atoms in total. The van der Waals surface area contributed by atoms with E-state index >= 15 is 0 Å². The number of carbonyl (C=O) groups is 1. The summed E-state index contributed by atoms with van der Waals surface area (Å²) in [7, 11) is 0. The van der Waals surface area contributed by atoms with E-state index in [4.69, 9.17) is 23.8 Å². The highest BCUT2D eigenvalue weighted by atomic mass is 35.5. The second-order valence-corrected chi connectivity index (χ2v) is 8.28. The normalized spacial score (nSPS) is 16.2. The van der Waals surface area contributed by atoms with Crippen molar-refractivity contribution < 1.29 is 4.79 Å². The molecule has 1 aliphatic rings. The Morgan fingerprint density at radius 3 is 2.87 bits per heavy atom. The SMILES string of the molecule is C=CCn1c(=S)[nH]c2cc(C(=O)N3CCCC3Cc3ccccc3Cl)ccc2c1=O. The number of H-pyrrole nitrogens is 1. The van der Waals surface area contributed by atoms with Gasteiger partial charge in [-0.05, 0) is 61.3 Å². The Morgan fingerprint density at radius 1 is 1.30 bits per heavy atom. The molecule has 1 amide bonds. The van der Waals surface area contributed by atoms with Gasteiger partial charge in [-0.25, -0.2) is 0 Å². The van der Waals surface area contributed by atoms with Gasteiger partial charge in [-0.1, -0.05) is 35.9 Å². The van der Waals surface area contributed by atoms with Gasteiger partial charge in [-0.2, -0.15) is 0 Å². The number of halogens is 1. The Morgan fingerprint density at radius 2 is 2.10 bits per heavy atom. The van der Waals surface area contributed by atoms with Crippen LogP contribution in [-0.2, 0) is 13.0 Å². The lowest BCUT2D eigenvalue weighted by molar-refractivity contribution is 0.0736. The molecule has 7 heteroatoms. The molecule has 1 aliphatic heterocycles. The van der Waals surface area contributed by atoms with E-state index in [1.807, 2.05) is 29.2 Å². The summed E-state index contributed by atoms with van der Waals surface area (Å²) in [6.45, 7) is 4.71. The van der Waals surface area contributed by atoms with Gasteiger partial charge < -0.3 is 9.88 Å². The number of nitrogens with one attached hydrogen (secondary N) is 1. The van der Waals surface area contributed by atoms with Crippen molar-refractivity contribution in [2.45, 2.75) is 31.8 Å². The first kappa shape index (κ1) is 20.6. The summed E-state index contributed by atoms with van der Waals surface area (Å²) in [5, 5.41) is 1.22. The first-order chi connectivity index (χ1) is 14.5. The van der Waals surface area contributed by atoms with Gasteiger partial charge in [0.2, 0.25) is 0 Å². The molecule has 30 heavy (non-hydrogen) atoms. The van der Waals surface area contributed by atoms with E-state index in [1.54, 1.807) is 24.3 Å². The molecule has 1 saturated heterocycles. The fraction of sp³-hybridized carbons (Fsp3) is 0.261. The fourth-order valence-electron chi connectivity index (χ4n) is 4.08. The highest BCUT2D eigenvalue weighted by Crippen LogP contribution is 2.26. The maximum atomic E-state index is 13.3. The maximum Gasteiger partial charge on any atom is 0.262 e. The minimum Gasteiger partial charge on any atom is -0.335 e. The molecule has 0 aliphatic carbocycles. The van der Waals surface area contributed by atoms with Crippen LogP contribution in [-0.4, -0.2) is 32.9 Å². The zero-order chi connectivity index (χ0) is 21.3. The molecule has 0 saturated carbocycles. The maximum absolute atomic E-state index is 13.3. The molecule has 154 valence electrons. The molecule has 2 aromatic carbocycles. The topological polar surface area (TPSA) is 58.1 Å². The summed E-state index contributed by atoms with van der Waals surface area (Å²) < 4.78 is 1.77. The van der Waals surface area contributed by atoms with Crippen LogP contribution in [0.4, 0.5) is 0 Å². The van der Waals surface area contributed by atoms with Crippen molar-refractivity contribution in [3.05, 3.63) is 86.4 Å². The number of amides is 1. The van der Waals surface area contributed by atoms with E-state index in [2.05, 4.69) is 11.6 Å². The highest BCUT2D eigenvalue weighted by Gasteiger charge is 2.30. The van der Waals surface area contributed by atoms with E-state index in [0.29, 0.717) is 34.3 Å². The molecule has 2 heterocycles. The minimum atomic E-state index is -0.189. The summed E-state index contributed by atoms with van der Waals surface area (Å²) in [5.41, 5.74) is 1.97. The Kier molecular flexibility index (Phi) is 5.88. The van der Waals surface area contributed by atoms with E-state index in [9.17, 15) is 9.59 Å². The van der Waals surface area contributed by atoms with Crippen molar-refractivity contribution in [3.8, 4) is 0 Å². The van der Waals surface area contributed by atoms with Crippen LogP contribution >= 0.6 is 23.8 Å². The van der Waals surface area contributed by atoms with Crippen LogP contribution in [0, 0.1) is 4.77 Å². The smallest absolute Gasteiger partial charge is 0.262 e. The van der Waals surface area contributed by atoms with Crippen LogP contribution in [0.1, 0.15) is 28.8 Å². The standard InChI is InChI=1S/C23H22ClN3O2S/c1-2-11-27-22(29)18-10-9-16(14-20(18)25-23(27)30)21(28)26-12-5-7-17(26)13-15-6-3-4-8-19(15)24/h2-4,6,8-10,14,17H,1,5,7,11-13H2,(H,25,30). The molecule has 1 fully saturated rings. The quantitative estimate of drug-likeness (QED) is 0.461. The van der Waals surface area contributed by atoms with Crippen molar-refractivity contribution in [2.24, 2.45) is 0 Å². The number of benzene rings is 2. The highest BCUT2D eigenvalue weighted by molar-refractivity contribution is 7.71. The van der Waals surface area contributed by atoms with E-state index in [0.717, 1.165) is 29.8 Å². The third-order valence-corrected chi connectivity index (χ3v) is 6.28. The summed E-state index contributed by atoms with van der Waals surface area (Å²) >= 11 is 11.6. The molecule has 4 rings (SSSR count). The molecule has 0 radical (unpaired) electrons. The van der Waals surface area contributed by atoms with Crippen LogP contribution in [0.15, 0.2) is 59.9 Å². The molecular formula is C23H22ClN3O2S. The van der Waals surface area contributed by atoms with E-state index < -0.39 is 0 Å². The number of aromatic nitrogens is 2. The average Bonchev–Trinajstić information content (AvgIpc) is 3.20. The summed E-state index contributed by atoms with van der Waals surface area (Å²) in [4.78, 5) is 30.9. The lowest BCUT2D eigenvalue weighted by Crippen LogP contribution is -2.37. The first-order valence-electron chi connectivity index (χ1n) is 9.91. The van der Waals surface area contributed by atoms with Gasteiger partial charge in [0.1, 0.15) is 0 Å². The van der Waals surface area contributed by atoms with Crippen molar-refractivity contribution in [1.82, 2.24) is 14.5 Å². The Hall–Kier alpha value is -2.70. The Balaban J connectivity index is 1.64. The van der Waals surface area contributed by atoms with Crippen molar-refractivity contribution in [1.29, 1.82) is 0 Å². The summed E-state index contributed by atoms with van der Waals surface area (Å²) in [6, 6.07) is 13.0. The minimum absolute atomic E-state index is 0.0407. The third-order valence-electron chi connectivity index (χ3n) is 5.59. The zero-order valence-corrected chi connectivity index (χ0v) is 18.0. The second kappa shape index (κ2) is 8.58. The zero-order valence-electron chi connectivity index (χ0n) is 16.4. The average molecular weight is 440 g/mol. The van der Waals surface area contributed by atoms with Crippen molar-refractivity contribution in [2.75, 3.05) is 6.54 Å². The molecule has 1 N–H and O–H groups in total. The number of aromatic amines is 1. The molecule has 0 bridgehead atoms.